The van der Waals surface area contributed by atoms with Gasteiger partial charge in [0, 0.05) is 19.0 Å². The molecule has 1 aliphatic heterocycles. The van der Waals surface area contributed by atoms with Crippen molar-refractivity contribution in [2.75, 3.05) is 6.54 Å². The lowest BCUT2D eigenvalue weighted by atomic mass is 9.87. The summed E-state index contributed by atoms with van der Waals surface area (Å²) in [5.74, 6) is -1.10. The van der Waals surface area contributed by atoms with Gasteiger partial charge in [0.15, 0.2) is 0 Å². The molecule has 2 unspecified atom stereocenters. The number of carbonyl (C=O) groups is 3. The van der Waals surface area contributed by atoms with E-state index in [4.69, 9.17) is 5.11 Å². The van der Waals surface area contributed by atoms with E-state index in [-0.39, 0.29) is 11.9 Å². The first-order valence-electron chi connectivity index (χ1n) is 6.26. The third kappa shape index (κ3) is 4.76. The third-order valence-electron chi connectivity index (χ3n) is 2.99. The smallest absolute Gasteiger partial charge is 0.326 e. The second-order valence-electron chi connectivity index (χ2n) is 5.79. The average molecular weight is 271 g/mol. The van der Waals surface area contributed by atoms with Gasteiger partial charge in [-0.2, -0.15) is 0 Å². The van der Waals surface area contributed by atoms with E-state index in [0.717, 1.165) is 0 Å². The highest BCUT2D eigenvalue weighted by Gasteiger charge is 2.33. The molecule has 1 saturated heterocycles. The van der Waals surface area contributed by atoms with E-state index < -0.39 is 23.5 Å². The zero-order chi connectivity index (χ0) is 14.6. The summed E-state index contributed by atoms with van der Waals surface area (Å²) in [4.78, 5) is 33.8. The third-order valence-corrected chi connectivity index (χ3v) is 2.99. The van der Waals surface area contributed by atoms with E-state index in [9.17, 15) is 14.4 Å². The van der Waals surface area contributed by atoms with Crippen LogP contribution in [0.2, 0.25) is 0 Å². The highest BCUT2D eigenvalue weighted by molar-refractivity contribution is 5.83. The fourth-order valence-electron chi connectivity index (χ4n) is 1.86. The quantitative estimate of drug-likeness (QED) is 0.582. The summed E-state index contributed by atoms with van der Waals surface area (Å²) in [5, 5.41) is 16.9. The maximum Gasteiger partial charge on any atom is 0.326 e. The SMILES string of the molecule is CC(C)(C)C(NC(=O)NC1CCC(=O)NC1)C(=O)O. The van der Waals surface area contributed by atoms with E-state index in [1.165, 1.54) is 0 Å². The predicted molar refractivity (Wildman–Crippen MR) is 68.6 cm³/mol. The van der Waals surface area contributed by atoms with Gasteiger partial charge in [0.25, 0.3) is 0 Å². The minimum atomic E-state index is -1.07. The van der Waals surface area contributed by atoms with Crippen molar-refractivity contribution in [3.8, 4) is 0 Å². The summed E-state index contributed by atoms with van der Waals surface area (Å²) in [6, 6.07) is -1.65. The van der Waals surface area contributed by atoms with Gasteiger partial charge in [0.05, 0.1) is 0 Å². The van der Waals surface area contributed by atoms with Crippen molar-refractivity contribution < 1.29 is 19.5 Å². The molecule has 0 aromatic rings. The molecule has 0 radical (unpaired) electrons. The van der Waals surface area contributed by atoms with Gasteiger partial charge in [-0.1, -0.05) is 20.8 Å². The molecule has 4 N–H and O–H groups in total. The van der Waals surface area contributed by atoms with Crippen LogP contribution in [0.4, 0.5) is 4.79 Å². The number of amides is 3. The molecule has 0 aliphatic carbocycles. The molecular weight excluding hydrogens is 250 g/mol. The molecule has 7 heteroatoms. The standard InChI is InChI=1S/C12H21N3O4/c1-12(2,3)9(10(17)18)15-11(19)14-7-4-5-8(16)13-6-7/h7,9H,4-6H2,1-3H3,(H,13,16)(H,17,18)(H2,14,15,19). The average Bonchev–Trinajstić information content (AvgIpc) is 2.27. The largest absolute Gasteiger partial charge is 0.480 e. The first-order valence-corrected chi connectivity index (χ1v) is 6.26. The van der Waals surface area contributed by atoms with E-state index >= 15 is 0 Å². The molecular formula is C12H21N3O4. The summed E-state index contributed by atoms with van der Waals surface area (Å²) in [6.07, 6.45) is 0.930. The molecule has 0 aromatic carbocycles. The maximum atomic E-state index is 11.8. The molecule has 2 atom stereocenters. The number of urea groups is 1. The van der Waals surface area contributed by atoms with Gasteiger partial charge in [0.2, 0.25) is 5.91 Å². The molecule has 0 aromatic heterocycles. The molecule has 1 heterocycles. The Labute approximate surface area is 112 Å². The minimum absolute atomic E-state index is 0.0310. The van der Waals surface area contributed by atoms with Crippen LogP contribution in [0.25, 0.3) is 0 Å². The normalized spacial score (nSPS) is 21.2. The molecule has 3 amide bonds. The highest BCUT2D eigenvalue weighted by Crippen LogP contribution is 2.19. The number of piperidine rings is 1. The number of nitrogens with one attached hydrogen (secondary N) is 3. The lowest BCUT2D eigenvalue weighted by Gasteiger charge is -2.29. The Morgan fingerprint density at radius 1 is 1.42 bits per heavy atom. The summed E-state index contributed by atoms with van der Waals surface area (Å²) in [7, 11) is 0. The summed E-state index contributed by atoms with van der Waals surface area (Å²) in [6.45, 7) is 5.60. The van der Waals surface area contributed by atoms with Gasteiger partial charge in [0.1, 0.15) is 6.04 Å². The minimum Gasteiger partial charge on any atom is -0.480 e. The van der Waals surface area contributed by atoms with Crippen LogP contribution in [0.1, 0.15) is 33.6 Å². The van der Waals surface area contributed by atoms with E-state index in [0.29, 0.717) is 19.4 Å². The zero-order valence-electron chi connectivity index (χ0n) is 11.4. The lowest BCUT2D eigenvalue weighted by molar-refractivity contribution is -0.141. The number of carboxylic acid groups (broad SMARTS) is 1. The molecule has 1 rings (SSSR count). The topological polar surface area (TPSA) is 108 Å². The number of carboxylic acids is 1. The van der Waals surface area contributed by atoms with Crippen LogP contribution in [0.3, 0.4) is 0 Å². The summed E-state index contributed by atoms with van der Waals surface area (Å²) < 4.78 is 0. The predicted octanol–water partition coefficient (Wildman–Crippen LogP) is 0.0635. The van der Waals surface area contributed by atoms with Crippen LogP contribution in [0, 0.1) is 5.41 Å². The van der Waals surface area contributed by atoms with Crippen molar-refractivity contribution in [1.29, 1.82) is 0 Å². The number of carbonyl (C=O) groups excluding carboxylic acids is 2. The monoisotopic (exact) mass is 271 g/mol. The molecule has 0 bridgehead atoms. The van der Waals surface area contributed by atoms with Gasteiger partial charge in [-0.25, -0.2) is 9.59 Å². The van der Waals surface area contributed by atoms with Gasteiger partial charge in [-0.15, -0.1) is 0 Å². The second kappa shape index (κ2) is 5.90. The van der Waals surface area contributed by atoms with E-state index in [2.05, 4.69) is 16.0 Å². The fraction of sp³-hybridized carbons (Fsp3) is 0.750. The van der Waals surface area contributed by atoms with Crippen LogP contribution in [0.5, 0.6) is 0 Å². The van der Waals surface area contributed by atoms with Crippen molar-refractivity contribution in [3.05, 3.63) is 0 Å². The lowest BCUT2D eigenvalue weighted by Crippen LogP contribution is -2.56. The van der Waals surface area contributed by atoms with Crippen LogP contribution in [0.15, 0.2) is 0 Å². The fourth-order valence-corrected chi connectivity index (χ4v) is 1.86. The molecule has 0 saturated carbocycles. The number of rotatable bonds is 3. The Bertz CT molecular complexity index is 366. The zero-order valence-corrected chi connectivity index (χ0v) is 11.4. The van der Waals surface area contributed by atoms with Crippen molar-refractivity contribution in [2.45, 2.75) is 45.7 Å². The highest BCUT2D eigenvalue weighted by atomic mass is 16.4. The summed E-state index contributed by atoms with van der Waals surface area (Å²) >= 11 is 0. The Kier molecular flexibility index (Phi) is 4.74. The van der Waals surface area contributed by atoms with Crippen molar-refractivity contribution in [2.24, 2.45) is 5.41 Å². The number of hydrogen-bond donors (Lipinski definition) is 4. The first kappa shape index (κ1) is 15.3. The van der Waals surface area contributed by atoms with Crippen molar-refractivity contribution >= 4 is 17.9 Å². The Morgan fingerprint density at radius 2 is 2.05 bits per heavy atom. The van der Waals surface area contributed by atoms with Gasteiger partial charge in [-0.3, -0.25) is 4.79 Å². The second-order valence-corrected chi connectivity index (χ2v) is 5.79. The van der Waals surface area contributed by atoms with Crippen LogP contribution in [-0.4, -0.2) is 41.6 Å². The Balaban J connectivity index is 2.49. The maximum absolute atomic E-state index is 11.8. The van der Waals surface area contributed by atoms with Crippen LogP contribution < -0.4 is 16.0 Å². The number of hydrogen-bond acceptors (Lipinski definition) is 3. The Morgan fingerprint density at radius 3 is 2.47 bits per heavy atom. The van der Waals surface area contributed by atoms with Crippen LogP contribution in [-0.2, 0) is 9.59 Å². The van der Waals surface area contributed by atoms with E-state index in [1.807, 2.05) is 0 Å². The molecule has 1 aliphatic rings. The van der Waals surface area contributed by atoms with Crippen molar-refractivity contribution in [1.82, 2.24) is 16.0 Å². The molecule has 7 nitrogen and oxygen atoms in total. The molecule has 0 spiro atoms. The Hall–Kier alpha value is -1.79. The molecule has 108 valence electrons. The number of aliphatic carboxylic acids is 1. The van der Waals surface area contributed by atoms with Gasteiger partial charge in [-0.05, 0) is 11.8 Å². The van der Waals surface area contributed by atoms with E-state index in [1.54, 1.807) is 20.8 Å². The molecule has 1 fully saturated rings. The van der Waals surface area contributed by atoms with Crippen LogP contribution >= 0.6 is 0 Å². The van der Waals surface area contributed by atoms with Gasteiger partial charge >= 0.3 is 12.0 Å². The van der Waals surface area contributed by atoms with Crippen molar-refractivity contribution in [3.63, 3.8) is 0 Å². The molecule has 19 heavy (non-hydrogen) atoms. The van der Waals surface area contributed by atoms with Gasteiger partial charge < -0.3 is 21.1 Å². The summed E-state index contributed by atoms with van der Waals surface area (Å²) in [5.41, 5.74) is -0.579. The first-order chi connectivity index (χ1) is 8.70.